The summed E-state index contributed by atoms with van der Waals surface area (Å²) in [7, 11) is 2.18. The molecular weight excluding hydrogens is 310 g/mol. The largest absolute Gasteiger partial charge is 0.374 e. The van der Waals surface area contributed by atoms with Gasteiger partial charge in [-0.15, -0.1) is 0 Å². The van der Waals surface area contributed by atoms with Gasteiger partial charge < -0.3 is 15.1 Å². The minimum absolute atomic E-state index is 0.581. The first-order valence-corrected chi connectivity index (χ1v) is 9.38. The number of rotatable bonds is 5. The third kappa shape index (κ3) is 3.61. The molecule has 0 spiro atoms. The zero-order valence-electron chi connectivity index (χ0n) is 15.0. The molecule has 0 radical (unpaired) electrons. The lowest BCUT2D eigenvalue weighted by Crippen LogP contribution is -2.31. The molecule has 1 atom stereocenters. The van der Waals surface area contributed by atoms with E-state index in [0.29, 0.717) is 5.92 Å². The van der Waals surface area contributed by atoms with Crippen LogP contribution in [-0.4, -0.2) is 43.2 Å². The maximum Gasteiger partial charge on any atom is 0.225 e. The predicted octanol–water partition coefficient (Wildman–Crippen LogP) is 2.79. The summed E-state index contributed by atoms with van der Waals surface area (Å²) in [5, 5.41) is 3.60. The van der Waals surface area contributed by atoms with Crippen LogP contribution in [0.1, 0.15) is 36.3 Å². The molecule has 1 aromatic heterocycles. The van der Waals surface area contributed by atoms with E-state index in [1.165, 1.54) is 30.5 Å². The maximum atomic E-state index is 4.54. The lowest BCUT2D eigenvalue weighted by molar-refractivity contribution is 0.533. The number of hydrogen-bond donors (Lipinski definition) is 1. The number of nitrogens with one attached hydrogen (secondary N) is 1. The van der Waals surface area contributed by atoms with Crippen LogP contribution >= 0.6 is 0 Å². The van der Waals surface area contributed by atoms with Crippen LogP contribution in [0.2, 0.25) is 0 Å². The summed E-state index contributed by atoms with van der Waals surface area (Å²) in [6, 6.07) is 8.78. The summed E-state index contributed by atoms with van der Waals surface area (Å²) in [5.41, 5.74) is 3.99. The third-order valence-electron chi connectivity index (χ3n) is 5.40. The Morgan fingerprint density at radius 3 is 2.64 bits per heavy atom. The first-order valence-electron chi connectivity index (χ1n) is 9.38. The van der Waals surface area contributed by atoms with Crippen molar-refractivity contribution in [2.24, 2.45) is 0 Å². The first-order chi connectivity index (χ1) is 12.3. The van der Waals surface area contributed by atoms with Gasteiger partial charge in [0, 0.05) is 69.3 Å². The van der Waals surface area contributed by atoms with Gasteiger partial charge in [0.2, 0.25) is 5.95 Å². The second-order valence-electron chi connectivity index (χ2n) is 7.18. The van der Waals surface area contributed by atoms with Gasteiger partial charge in [-0.05, 0) is 30.9 Å². The van der Waals surface area contributed by atoms with Crippen molar-refractivity contribution in [3.05, 3.63) is 47.8 Å². The molecule has 0 amide bonds. The van der Waals surface area contributed by atoms with Gasteiger partial charge in [0.15, 0.2) is 0 Å². The lowest BCUT2D eigenvalue weighted by Gasteiger charge is -2.33. The van der Waals surface area contributed by atoms with E-state index in [0.717, 1.165) is 44.2 Å². The number of fused-ring (bicyclic) bond motifs is 1. The minimum Gasteiger partial charge on any atom is -0.374 e. The third-order valence-corrected chi connectivity index (χ3v) is 5.40. The summed E-state index contributed by atoms with van der Waals surface area (Å²) < 4.78 is 0. The van der Waals surface area contributed by atoms with Crippen molar-refractivity contribution < 1.29 is 0 Å². The average Bonchev–Trinajstić information content (AvgIpc) is 3.19. The molecule has 5 heteroatoms. The highest BCUT2D eigenvalue weighted by Gasteiger charge is 2.22. The van der Waals surface area contributed by atoms with Crippen LogP contribution < -0.4 is 15.1 Å². The standard InChI is InChI=1S/C20H27N5/c1-24-11-8-17(18-6-2-3-7-19(18)24)15-21-12-16-13-22-20(23-14-16)25-9-4-5-10-25/h2-3,6-7,13-14,17,21H,4-5,8-12,15H2,1H3/t17-/m1/s1. The molecule has 1 N–H and O–H groups in total. The summed E-state index contributed by atoms with van der Waals surface area (Å²) in [6.07, 6.45) is 7.65. The molecule has 132 valence electrons. The smallest absolute Gasteiger partial charge is 0.225 e. The predicted molar refractivity (Wildman–Crippen MR) is 102 cm³/mol. The molecule has 2 aliphatic rings. The van der Waals surface area contributed by atoms with E-state index in [1.54, 1.807) is 0 Å². The van der Waals surface area contributed by atoms with Crippen LogP contribution in [0, 0.1) is 0 Å². The van der Waals surface area contributed by atoms with Gasteiger partial charge in [0.25, 0.3) is 0 Å². The molecule has 0 bridgehead atoms. The Morgan fingerprint density at radius 1 is 1.08 bits per heavy atom. The molecule has 2 aliphatic heterocycles. The Morgan fingerprint density at radius 2 is 1.84 bits per heavy atom. The van der Waals surface area contributed by atoms with Crippen LogP contribution in [0.25, 0.3) is 0 Å². The Labute approximate surface area is 150 Å². The van der Waals surface area contributed by atoms with Crippen molar-refractivity contribution in [2.45, 2.75) is 31.7 Å². The fourth-order valence-corrected chi connectivity index (χ4v) is 3.93. The Kier molecular flexibility index (Phi) is 4.83. The average molecular weight is 337 g/mol. The number of hydrogen-bond acceptors (Lipinski definition) is 5. The molecular formula is C20H27N5. The van der Waals surface area contributed by atoms with E-state index in [4.69, 9.17) is 0 Å². The number of benzene rings is 1. The van der Waals surface area contributed by atoms with Crippen LogP contribution in [0.15, 0.2) is 36.7 Å². The molecule has 0 saturated carbocycles. The molecule has 0 aliphatic carbocycles. The van der Waals surface area contributed by atoms with Crippen LogP contribution in [-0.2, 0) is 6.54 Å². The molecule has 0 unspecified atom stereocenters. The van der Waals surface area contributed by atoms with Crippen molar-refractivity contribution in [1.29, 1.82) is 0 Å². The van der Waals surface area contributed by atoms with Crippen molar-refractivity contribution in [1.82, 2.24) is 15.3 Å². The summed E-state index contributed by atoms with van der Waals surface area (Å²) in [4.78, 5) is 13.7. The fraction of sp³-hybridized carbons (Fsp3) is 0.500. The van der Waals surface area contributed by atoms with Gasteiger partial charge in [-0.1, -0.05) is 18.2 Å². The molecule has 3 heterocycles. The number of nitrogens with zero attached hydrogens (tertiary/aromatic N) is 4. The van der Waals surface area contributed by atoms with Crippen LogP contribution in [0.4, 0.5) is 11.6 Å². The van der Waals surface area contributed by atoms with Gasteiger partial charge in [0.05, 0.1) is 0 Å². The molecule has 2 aromatic rings. The lowest BCUT2D eigenvalue weighted by atomic mass is 9.90. The topological polar surface area (TPSA) is 44.3 Å². The Hall–Kier alpha value is -2.14. The Balaban J connectivity index is 1.33. The molecule has 25 heavy (non-hydrogen) atoms. The summed E-state index contributed by atoms with van der Waals surface area (Å²) >= 11 is 0. The molecule has 1 saturated heterocycles. The van der Waals surface area contributed by atoms with Gasteiger partial charge in [-0.3, -0.25) is 0 Å². The van der Waals surface area contributed by atoms with E-state index < -0.39 is 0 Å². The first kappa shape index (κ1) is 16.3. The van der Waals surface area contributed by atoms with E-state index in [1.807, 2.05) is 12.4 Å². The van der Waals surface area contributed by atoms with Gasteiger partial charge >= 0.3 is 0 Å². The monoisotopic (exact) mass is 337 g/mol. The van der Waals surface area contributed by atoms with E-state index in [2.05, 4.69) is 56.4 Å². The Bertz CT molecular complexity index is 693. The normalized spacial score (nSPS) is 20.0. The highest BCUT2D eigenvalue weighted by Crippen LogP contribution is 2.33. The zero-order valence-corrected chi connectivity index (χ0v) is 15.0. The molecule has 5 nitrogen and oxygen atoms in total. The van der Waals surface area contributed by atoms with Crippen molar-refractivity contribution in [3.8, 4) is 0 Å². The van der Waals surface area contributed by atoms with Crippen molar-refractivity contribution in [3.63, 3.8) is 0 Å². The second kappa shape index (κ2) is 7.40. The quantitative estimate of drug-likeness (QED) is 0.909. The summed E-state index contributed by atoms with van der Waals surface area (Å²) in [6.45, 7) is 5.13. The van der Waals surface area contributed by atoms with Gasteiger partial charge in [0.1, 0.15) is 0 Å². The summed E-state index contributed by atoms with van der Waals surface area (Å²) in [5.74, 6) is 1.46. The van der Waals surface area contributed by atoms with Gasteiger partial charge in [-0.2, -0.15) is 0 Å². The fourth-order valence-electron chi connectivity index (χ4n) is 3.93. The number of anilines is 2. The van der Waals surface area contributed by atoms with Crippen molar-refractivity contribution >= 4 is 11.6 Å². The molecule has 1 fully saturated rings. The molecule has 1 aromatic carbocycles. The van der Waals surface area contributed by atoms with E-state index in [-0.39, 0.29) is 0 Å². The SMILES string of the molecule is CN1CC[C@H](CNCc2cnc(N3CCCC3)nc2)c2ccccc21. The van der Waals surface area contributed by atoms with Crippen LogP contribution in [0.3, 0.4) is 0 Å². The van der Waals surface area contributed by atoms with E-state index in [9.17, 15) is 0 Å². The van der Waals surface area contributed by atoms with Gasteiger partial charge in [-0.25, -0.2) is 9.97 Å². The highest BCUT2D eigenvalue weighted by molar-refractivity contribution is 5.56. The molecule has 4 rings (SSSR count). The zero-order chi connectivity index (χ0) is 17.1. The van der Waals surface area contributed by atoms with E-state index >= 15 is 0 Å². The van der Waals surface area contributed by atoms with Crippen molar-refractivity contribution in [2.75, 3.05) is 43.0 Å². The van der Waals surface area contributed by atoms with Crippen LogP contribution in [0.5, 0.6) is 0 Å². The maximum absolute atomic E-state index is 4.54. The number of para-hydroxylation sites is 1. The number of aromatic nitrogens is 2. The minimum atomic E-state index is 0.581. The highest BCUT2D eigenvalue weighted by atomic mass is 15.3. The second-order valence-corrected chi connectivity index (χ2v) is 7.18.